The zero-order chi connectivity index (χ0) is 17.9. The molecule has 2 aromatic carbocycles. The standard InChI is InChI=1S/C18H18ClN3O2S/c1-14-20-9-10-22(14)18-7-5-15(6-8-18)12-21-25(23,24)13-16-3-2-4-17(19)11-16/h2-11,21H,12-13H2,1H3. The Morgan fingerprint density at radius 1 is 1.12 bits per heavy atom. The van der Waals surface area contributed by atoms with Crippen molar-refractivity contribution >= 4 is 21.6 Å². The van der Waals surface area contributed by atoms with E-state index < -0.39 is 10.0 Å². The Labute approximate surface area is 152 Å². The van der Waals surface area contributed by atoms with Gasteiger partial charge in [-0.05, 0) is 42.3 Å². The maximum absolute atomic E-state index is 12.2. The lowest BCUT2D eigenvalue weighted by Gasteiger charge is -2.09. The summed E-state index contributed by atoms with van der Waals surface area (Å²) in [6.45, 7) is 2.17. The summed E-state index contributed by atoms with van der Waals surface area (Å²) in [7, 11) is -3.43. The fourth-order valence-electron chi connectivity index (χ4n) is 2.52. The first-order valence-electron chi connectivity index (χ1n) is 7.74. The third-order valence-corrected chi connectivity index (χ3v) is 5.31. The van der Waals surface area contributed by atoms with Gasteiger partial charge >= 0.3 is 0 Å². The van der Waals surface area contributed by atoms with Crippen molar-refractivity contribution < 1.29 is 8.42 Å². The predicted molar refractivity (Wildman–Crippen MR) is 99.2 cm³/mol. The SMILES string of the molecule is Cc1nccn1-c1ccc(CNS(=O)(=O)Cc2cccc(Cl)c2)cc1. The molecule has 5 nitrogen and oxygen atoms in total. The van der Waals surface area contributed by atoms with Crippen LogP contribution in [0.15, 0.2) is 60.9 Å². The van der Waals surface area contributed by atoms with Crippen LogP contribution in [0.5, 0.6) is 0 Å². The summed E-state index contributed by atoms with van der Waals surface area (Å²) < 4.78 is 29.0. The average molecular weight is 376 g/mol. The van der Waals surface area contributed by atoms with E-state index in [0.717, 1.165) is 17.1 Å². The van der Waals surface area contributed by atoms with E-state index in [1.165, 1.54) is 0 Å². The molecule has 3 rings (SSSR count). The van der Waals surface area contributed by atoms with Crippen molar-refractivity contribution in [2.45, 2.75) is 19.2 Å². The van der Waals surface area contributed by atoms with E-state index in [4.69, 9.17) is 11.6 Å². The normalized spacial score (nSPS) is 11.6. The van der Waals surface area contributed by atoms with Gasteiger partial charge in [0.05, 0.1) is 5.75 Å². The Morgan fingerprint density at radius 3 is 2.52 bits per heavy atom. The van der Waals surface area contributed by atoms with Gasteiger partial charge in [0.2, 0.25) is 10.0 Å². The maximum atomic E-state index is 12.2. The van der Waals surface area contributed by atoms with Crippen LogP contribution >= 0.6 is 11.6 Å². The first-order valence-corrected chi connectivity index (χ1v) is 9.77. The van der Waals surface area contributed by atoms with Crippen molar-refractivity contribution in [3.05, 3.63) is 82.9 Å². The summed E-state index contributed by atoms with van der Waals surface area (Å²) in [5.41, 5.74) is 2.53. The number of sulfonamides is 1. The van der Waals surface area contributed by atoms with E-state index in [0.29, 0.717) is 10.6 Å². The van der Waals surface area contributed by atoms with Crippen LogP contribution in [0.1, 0.15) is 17.0 Å². The predicted octanol–water partition coefficient (Wildman–Crippen LogP) is 3.45. The molecule has 0 radical (unpaired) electrons. The Balaban J connectivity index is 1.64. The third-order valence-electron chi connectivity index (χ3n) is 3.78. The van der Waals surface area contributed by atoms with Gasteiger partial charge in [0.25, 0.3) is 0 Å². The molecular formula is C18H18ClN3O2S. The highest BCUT2D eigenvalue weighted by Crippen LogP contribution is 2.14. The number of nitrogens with zero attached hydrogens (tertiary/aromatic N) is 2. The van der Waals surface area contributed by atoms with E-state index in [1.54, 1.807) is 30.5 Å². The van der Waals surface area contributed by atoms with Gasteiger partial charge in [-0.15, -0.1) is 0 Å². The lowest BCUT2D eigenvalue weighted by molar-refractivity contribution is 0.580. The summed E-state index contributed by atoms with van der Waals surface area (Å²) in [6.07, 6.45) is 3.63. The van der Waals surface area contributed by atoms with Gasteiger partial charge in [-0.1, -0.05) is 35.9 Å². The van der Waals surface area contributed by atoms with Crippen molar-refractivity contribution in [3.8, 4) is 5.69 Å². The summed E-state index contributed by atoms with van der Waals surface area (Å²) in [5, 5.41) is 0.526. The molecule has 0 atom stereocenters. The highest BCUT2D eigenvalue weighted by atomic mass is 35.5. The molecule has 25 heavy (non-hydrogen) atoms. The second-order valence-corrected chi connectivity index (χ2v) is 7.96. The molecule has 0 amide bonds. The number of hydrogen-bond donors (Lipinski definition) is 1. The van der Waals surface area contributed by atoms with Gasteiger partial charge in [-0.3, -0.25) is 0 Å². The Bertz CT molecular complexity index is 966. The molecule has 1 N–H and O–H groups in total. The summed E-state index contributed by atoms with van der Waals surface area (Å²) >= 11 is 5.89. The number of aromatic nitrogens is 2. The number of rotatable bonds is 6. The van der Waals surface area contributed by atoms with E-state index in [9.17, 15) is 8.42 Å². The number of nitrogens with one attached hydrogen (secondary N) is 1. The van der Waals surface area contributed by atoms with E-state index >= 15 is 0 Å². The van der Waals surface area contributed by atoms with Gasteiger partial charge < -0.3 is 4.57 Å². The van der Waals surface area contributed by atoms with Gasteiger partial charge in [0.1, 0.15) is 5.82 Å². The van der Waals surface area contributed by atoms with Gasteiger partial charge in [0.15, 0.2) is 0 Å². The second-order valence-electron chi connectivity index (χ2n) is 5.72. The highest BCUT2D eigenvalue weighted by molar-refractivity contribution is 7.88. The fourth-order valence-corrected chi connectivity index (χ4v) is 3.84. The molecule has 130 valence electrons. The Hall–Kier alpha value is -2.15. The molecule has 1 aromatic heterocycles. The minimum Gasteiger partial charge on any atom is -0.304 e. The molecule has 7 heteroatoms. The Kier molecular flexibility index (Phi) is 5.22. The van der Waals surface area contributed by atoms with E-state index in [2.05, 4.69) is 9.71 Å². The quantitative estimate of drug-likeness (QED) is 0.717. The van der Waals surface area contributed by atoms with Crippen LogP contribution in [0.3, 0.4) is 0 Å². The molecule has 0 aliphatic rings. The second kappa shape index (κ2) is 7.39. The lowest BCUT2D eigenvalue weighted by Crippen LogP contribution is -2.24. The fraction of sp³-hybridized carbons (Fsp3) is 0.167. The zero-order valence-corrected chi connectivity index (χ0v) is 15.3. The van der Waals surface area contributed by atoms with Crippen LogP contribution in [0.25, 0.3) is 5.69 Å². The number of aryl methyl sites for hydroxylation is 1. The summed E-state index contributed by atoms with van der Waals surface area (Å²) in [4.78, 5) is 4.19. The first-order chi connectivity index (χ1) is 11.9. The summed E-state index contributed by atoms with van der Waals surface area (Å²) in [5.74, 6) is 0.801. The van der Waals surface area contributed by atoms with Crippen LogP contribution in [0.2, 0.25) is 5.02 Å². The van der Waals surface area contributed by atoms with Gasteiger partial charge in [-0.2, -0.15) is 0 Å². The number of imidazole rings is 1. The average Bonchev–Trinajstić information content (AvgIpc) is 2.99. The molecule has 0 aliphatic heterocycles. The molecule has 3 aromatic rings. The van der Waals surface area contributed by atoms with Crippen LogP contribution < -0.4 is 4.72 Å². The van der Waals surface area contributed by atoms with Crippen LogP contribution in [-0.4, -0.2) is 18.0 Å². The molecule has 1 heterocycles. The number of halogens is 1. The van der Waals surface area contributed by atoms with Crippen molar-refractivity contribution in [1.29, 1.82) is 0 Å². The maximum Gasteiger partial charge on any atom is 0.216 e. The number of hydrogen-bond acceptors (Lipinski definition) is 3. The van der Waals surface area contributed by atoms with Crippen molar-refractivity contribution in [3.63, 3.8) is 0 Å². The topological polar surface area (TPSA) is 64.0 Å². The lowest BCUT2D eigenvalue weighted by atomic mass is 10.2. The first kappa shape index (κ1) is 17.7. The van der Waals surface area contributed by atoms with E-state index in [1.807, 2.05) is 42.0 Å². The van der Waals surface area contributed by atoms with Crippen LogP contribution in [0, 0.1) is 6.92 Å². The molecule has 0 spiro atoms. The largest absolute Gasteiger partial charge is 0.304 e. The number of benzene rings is 2. The van der Waals surface area contributed by atoms with Crippen molar-refractivity contribution in [2.24, 2.45) is 0 Å². The van der Waals surface area contributed by atoms with Crippen LogP contribution in [0.4, 0.5) is 0 Å². The molecule has 0 unspecified atom stereocenters. The molecule has 0 saturated carbocycles. The minimum absolute atomic E-state index is 0.0973. The molecule has 0 aliphatic carbocycles. The van der Waals surface area contributed by atoms with Crippen molar-refractivity contribution in [1.82, 2.24) is 14.3 Å². The summed E-state index contributed by atoms with van der Waals surface area (Å²) in [6, 6.07) is 14.5. The van der Waals surface area contributed by atoms with E-state index in [-0.39, 0.29) is 12.3 Å². The van der Waals surface area contributed by atoms with Gasteiger partial charge in [0, 0.05) is 29.6 Å². The minimum atomic E-state index is -3.43. The van der Waals surface area contributed by atoms with Crippen molar-refractivity contribution in [2.75, 3.05) is 0 Å². The Morgan fingerprint density at radius 2 is 1.88 bits per heavy atom. The molecular weight excluding hydrogens is 358 g/mol. The third kappa shape index (κ3) is 4.69. The highest BCUT2D eigenvalue weighted by Gasteiger charge is 2.11. The van der Waals surface area contributed by atoms with Gasteiger partial charge in [-0.25, -0.2) is 18.1 Å². The molecule has 0 fully saturated rings. The molecule has 0 bridgehead atoms. The monoisotopic (exact) mass is 375 g/mol. The van der Waals surface area contributed by atoms with Crippen LogP contribution in [-0.2, 0) is 22.3 Å². The zero-order valence-electron chi connectivity index (χ0n) is 13.7. The smallest absolute Gasteiger partial charge is 0.216 e. The molecule has 0 saturated heterocycles.